The Hall–Kier alpha value is -2.20. The summed E-state index contributed by atoms with van der Waals surface area (Å²) in [6.45, 7) is 10.9. The molecule has 8 heteroatoms. The molecule has 2 saturated heterocycles. The highest BCUT2D eigenvalue weighted by Crippen LogP contribution is 2.41. The molecule has 4 unspecified atom stereocenters. The van der Waals surface area contributed by atoms with Gasteiger partial charge in [-0.2, -0.15) is 0 Å². The fourth-order valence-electron chi connectivity index (χ4n) is 4.48. The third-order valence-electron chi connectivity index (χ3n) is 6.53. The van der Waals surface area contributed by atoms with E-state index in [0.717, 1.165) is 59.6 Å². The predicted octanol–water partition coefficient (Wildman–Crippen LogP) is 2.99. The van der Waals surface area contributed by atoms with Gasteiger partial charge in [0.2, 0.25) is 0 Å². The lowest BCUT2D eigenvalue weighted by Crippen LogP contribution is -2.22. The molecule has 1 aliphatic carbocycles. The van der Waals surface area contributed by atoms with Gasteiger partial charge in [-0.1, -0.05) is 24.3 Å². The number of benzene rings is 1. The molecule has 37 heavy (non-hydrogen) atoms. The van der Waals surface area contributed by atoms with Crippen LogP contribution in [0.2, 0.25) is 0 Å². The molecule has 4 rings (SSSR count). The summed E-state index contributed by atoms with van der Waals surface area (Å²) in [4.78, 5) is 0. The van der Waals surface area contributed by atoms with Gasteiger partial charge in [-0.15, -0.1) is 13.2 Å². The lowest BCUT2D eigenvalue weighted by Gasteiger charge is -2.28. The number of ether oxygens (including phenoxy) is 6. The Morgan fingerprint density at radius 2 is 1.70 bits per heavy atom. The van der Waals surface area contributed by atoms with E-state index in [2.05, 4.69) is 25.3 Å². The average Bonchev–Trinajstić information content (AvgIpc) is 3.81. The minimum Gasteiger partial charge on any atom is -0.490 e. The summed E-state index contributed by atoms with van der Waals surface area (Å²) < 4.78 is 34.3. The van der Waals surface area contributed by atoms with Crippen LogP contribution in [0.1, 0.15) is 36.0 Å². The van der Waals surface area contributed by atoms with Gasteiger partial charge in [0.05, 0.1) is 51.3 Å². The van der Waals surface area contributed by atoms with Crippen molar-refractivity contribution < 1.29 is 38.6 Å². The molecule has 3 aliphatic rings. The van der Waals surface area contributed by atoms with E-state index < -0.39 is 12.2 Å². The van der Waals surface area contributed by atoms with Crippen molar-refractivity contribution in [1.82, 2.24) is 0 Å². The zero-order valence-electron chi connectivity index (χ0n) is 21.6. The summed E-state index contributed by atoms with van der Waals surface area (Å²) in [7, 11) is 0. The van der Waals surface area contributed by atoms with Crippen molar-refractivity contribution in [2.75, 3.05) is 52.9 Å². The third-order valence-corrected chi connectivity index (χ3v) is 6.53. The van der Waals surface area contributed by atoms with Crippen molar-refractivity contribution in [2.24, 2.45) is 0 Å². The number of epoxide rings is 2. The first-order valence-corrected chi connectivity index (χ1v) is 13.2. The summed E-state index contributed by atoms with van der Waals surface area (Å²) in [5.41, 5.74) is 4.18. The lowest BCUT2D eigenvalue weighted by atomic mass is 9.85. The van der Waals surface area contributed by atoms with Gasteiger partial charge in [0.1, 0.15) is 30.8 Å². The van der Waals surface area contributed by atoms with Crippen LogP contribution < -0.4 is 4.74 Å². The first-order chi connectivity index (χ1) is 18.1. The van der Waals surface area contributed by atoms with Crippen LogP contribution >= 0.6 is 0 Å². The zero-order chi connectivity index (χ0) is 26.0. The van der Waals surface area contributed by atoms with Crippen molar-refractivity contribution in [3.05, 3.63) is 59.7 Å². The van der Waals surface area contributed by atoms with Crippen molar-refractivity contribution in [1.29, 1.82) is 0 Å². The van der Waals surface area contributed by atoms with Gasteiger partial charge in [0.25, 0.3) is 0 Å². The van der Waals surface area contributed by atoms with Crippen LogP contribution in [0, 0.1) is 0 Å². The number of rotatable bonds is 19. The molecule has 4 atom stereocenters. The van der Waals surface area contributed by atoms with Crippen molar-refractivity contribution in [3.8, 4) is 5.75 Å². The second kappa shape index (κ2) is 14.1. The number of aliphatic hydroxyl groups is 2. The summed E-state index contributed by atoms with van der Waals surface area (Å²) >= 11 is 0. The molecular weight excluding hydrogens is 476 g/mol. The SMILES string of the molecule is C=CCOCCC(O)COc1c(CC2CO2)ccc2c1CCC(CC(O)COCC=C)=C2OCC1CO1. The molecular formula is C29H40O8. The van der Waals surface area contributed by atoms with Gasteiger partial charge < -0.3 is 38.6 Å². The lowest BCUT2D eigenvalue weighted by molar-refractivity contribution is 0.0488. The van der Waals surface area contributed by atoms with Gasteiger partial charge in [0, 0.05) is 37.0 Å². The van der Waals surface area contributed by atoms with Gasteiger partial charge in [-0.3, -0.25) is 0 Å². The molecule has 0 amide bonds. The zero-order valence-corrected chi connectivity index (χ0v) is 21.6. The fourth-order valence-corrected chi connectivity index (χ4v) is 4.48. The van der Waals surface area contributed by atoms with Crippen molar-refractivity contribution in [2.45, 2.75) is 56.5 Å². The first kappa shape index (κ1) is 27.8. The topological polar surface area (TPSA) is 102 Å². The molecule has 1 aromatic rings. The normalized spacial score (nSPS) is 21.7. The first-order valence-electron chi connectivity index (χ1n) is 13.2. The largest absolute Gasteiger partial charge is 0.490 e. The second-order valence-corrected chi connectivity index (χ2v) is 9.74. The standard InChI is InChI=1S/C29H40O8/c1-3-10-32-12-9-22(30)16-36-29-21(14-24-17-34-24)6-8-26-27(29)7-5-20(13-23(31)15-33-11-4-2)28(26)37-19-25-18-35-25/h3-4,6,8,22-25,30-31H,1-2,5,7,9-19H2. The van der Waals surface area contributed by atoms with E-state index in [1.165, 1.54) is 0 Å². The van der Waals surface area contributed by atoms with Crippen LogP contribution in [0.25, 0.3) is 5.76 Å². The number of hydrogen-bond acceptors (Lipinski definition) is 8. The van der Waals surface area contributed by atoms with Crippen LogP contribution in [0.15, 0.2) is 43.0 Å². The highest BCUT2D eigenvalue weighted by molar-refractivity contribution is 5.72. The molecule has 2 N–H and O–H groups in total. The molecule has 0 bridgehead atoms. The number of fused-ring (bicyclic) bond motifs is 1. The number of hydrogen-bond donors (Lipinski definition) is 2. The minimum absolute atomic E-state index is 0.112. The smallest absolute Gasteiger partial charge is 0.126 e. The van der Waals surface area contributed by atoms with Gasteiger partial charge in [0.15, 0.2) is 0 Å². The van der Waals surface area contributed by atoms with Crippen LogP contribution in [-0.2, 0) is 36.5 Å². The van der Waals surface area contributed by atoms with Crippen molar-refractivity contribution in [3.63, 3.8) is 0 Å². The second-order valence-electron chi connectivity index (χ2n) is 9.74. The molecule has 0 saturated carbocycles. The Bertz CT molecular complexity index is 934. The summed E-state index contributed by atoms with van der Waals surface area (Å²) in [6, 6.07) is 4.15. The minimum atomic E-state index is -0.645. The Labute approximate surface area is 219 Å². The van der Waals surface area contributed by atoms with Crippen LogP contribution in [0.4, 0.5) is 0 Å². The van der Waals surface area contributed by atoms with Gasteiger partial charge in [-0.25, -0.2) is 0 Å². The Kier molecular flexibility index (Phi) is 10.6. The maximum atomic E-state index is 10.6. The Balaban J connectivity index is 1.53. The third kappa shape index (κ3) is 8.67. The van der Waals surface area contributed by atoms with Gasteiger partial charge >= 0.3 is 0 Å². The van der Waals surface area contributed by atoms with E-state index in [1.807, 2.05) is 0 Å². The molecule has 2 aliphatic heterocycles. The van der Waals surface area contributed by atoms with E-state index in [4.69, 9.17) is 28.4 Å². The highest BCUT2D eigenvalue weighted by Gasteiger charge is 2.31. The molecule has 8 nitrogen and oxygen atoms in total. The van der Waals surface area contributed by atoms with E-state index >= 15 is 0 Å². The average molecular weight is 517 g/mol. The molecule has 0 spiro atoms. The van der Waals surface area contributed by atoms with Crippen LogP contribution in [-0.4, -0.2) is 87.5 Å². The predicted molar refractivity (Wildman–Crippen MR) is 140 cm³/mol. The fraction of sp³-hybridized carbons (Fsp3) is 0.586. The maximum Gasteiger partial charge on any atom is 0.126 e. The molecule has 0 aromatic heterocycles. The molecule has 204 valence electrons. The maximum absolute atomic E-state index is 10.6. The van der Waals surface area contributed by atoms with E-state index in [1.54, 1.807) is 12.2 Å². The summed E-state index contributed by atoms with van der Waals surface area (Å²) in [5, 5.41) is 21.1. The molecule has 0 radical (unpaired) electrons. The van der Waals surface area contributed by atoms with Gasteiger partial charge in [-0.05, 0) is 24.0 Å². The van der Waals surface area contributed by atoms with Crippen LogP contribution in [0.3, 0.4) is 0 Å². The highest BCUT2D eigenvalue weighted by atomic mass is 16.6. The van der Waals surface area contributed by atoms with E-state index in [0.29, 0.717) is 45.9 Å². The van der Waals surface area contributed by atoms with E-state index in [-0.39, 0.29) is 25.4 Å². The van der Waals surface area contributed by atoms with Crippen LogP contribution in [0.5, 0.6) is 5.75 Å². The quantitative estimate of drug-likeness (QED) is 0.164. The van der Waals surface area contributed by atoms with E-state index in [9.17, 15) is 10.2 Å². The molecule has 2 fully saturated rings. The Morgan fingerprint density at radius 1 is 0.946 bits per heavy atom. The summed E-state index contributed by atoms with van der Waals surface area (Å²) in [6.07, 6.45) is 5.62. The summed E-state index contributed by atoms with van der Waals surface area (Å²) in [5.74, 6) is 1.59. The van der Waals surface area contributed by atoms with Crippen molar-refractivity contribution >= 4 is 5.76 Å². The number of aliphatic hydroxyl groups excluding tert-OH is 2. The monoisotopic (exact) mass is 516 g/mol. The Morgan fingerprint density at radius 3 is 2.43 bits per heavy atom. The molecule has 1 aromatic carbocycles. The molecule has 2 heterocycles.